The summed E-state index contributed by atoms with van der Waals surface area (Å²) in [4.78, 5) is 0. The molecule has 1 aromatic rings. The van der Waals surface area contributed by atoms with Gasteiger partial charge in [-0.1, -0.05) is 13.3 Å². The van der Waals surface area contributed by atoms with Gasteiger partial charge >= 0.3 is 0 Å². The van der Waals surface area contributed by atoms with Crippen molar-refractivity contribution in [1.82, 2.24) is 10.2 Å². The van der Waals surface area contributed by atoms with E-state index in [0.29, 0.717) is 24.3 Å². The molecule has 0 saturated carbocycles. The summed E-state index contributed by atoms with van der Waals surface area (Å²) in [5.41, 5.74) is 1.26. The number of aliphatic hydroxyl groups is 1. The van der Waals surface area contributed by atoms with Gasteiger partial charge in [0.05, 0.1) is 11.3 Å². The maximum atomic E-state index is 10.1. The average molecular weight is 248 g/mol. The molecule has 1 heterocycles. The molecule has 0 amide bonds. The van der Waals surface area contributed by atoms with Gasteiger partial charge in [-0.15, -0.1) is 5.10 Å². The third kappa shape index (κ3) is 3.41. The summed E-state index contributed by atoms with van der Waals surface area (Å²) >= 11 is 0. The zero-order chi connectivity index (χ0) is 13.8. The predicted molar refractivity (Wildman–Crippen MR) is 70.2 cm³/mol. The minimum absolute atomic E-state index is 0.354. The molecule has 18 heavy (non-hydrogen) atoms. The number of anilines is 1. The summed E-state index contributed by atoms with van der Waals surface area (Å²) < 4.78 is 0. The first kappa shape index (κ1) is 14.4. The molecule has 0 bridgehead atoms. The minimum atomic E-state index is -0.804. The Balaban J connectivity index is 2.87. The highest BCUT2D eigenvalue weighted by Crippen LogP contribution is 2.19. The smallest absolute Gasteiger partial charge is 0.167 e. The summed E-state index contributed by atoms with van der Waals surface area (Å²) in [7, 11) is 0. The van der Waals surface area contributed by atoms with Crippen molar-refractivity contribution < 1.29 is 5.11 Å². The van der Waals surface area contributed by atoms with Crippen LogP contribution in [0, 0.1) is 25.2 Å². The Kier molecular flexibility index (Phi) is 4.62. The van der Waals surface area contributed by atoms with Crippen molar-refractivity contribution >= 4 is 5.82 Å². The monoisotopic (exact) mass is 248 g/mol. The maximum absolute atomic E-state index is 10.1. The normalized spacial score (nSPS) is 13.8. The van der Waals surface area contributed by atoms with Crippen molar-refractivity contribution in [1.29, 1.82) is 5.26 Å². The van der Waals surface area contributed by atoms with Crippen molar-refractivity contribution in [3.05, 3.63) is 16.8 Å². The van der Waals surface area contributed by atoms with Crippen LogP contribution in [-0.2, 0) is 0 Å². The van der Waals surface area contributed by atoms with Crippen LogP contribution >= 0.6 is 0 Å². The van der Waals surface area contributed by atoms with Crippen LogP contribution in [0.1, 0.15) is 43.5 Å². The van der Waals surface area contributed by atoms with E-state index in [9.17, 15) is 5.11 Å². The highest BCUT2D eigenvalue weighted by Gasteiger charge is 2.20. The highest BCUT2D eigenvalue weighted by molar-refractivity contribution is 5.55. The number of rotatable bonds is 5. The number of hydrogen-bond acceptors (Lipinski definition) is 5. The zero-order valence-electron chi connectivity index (χ0n) is 11.4. The lowest BCUT2D eigenvalue weighted by Gasteiger charge is -2.23. The van der Waals surface area contributed by atoms with Gasteiger partial charge in [0.15, 0.2) is 5.82 Å². The van der Waals surface area contributed by atoms with Crippen molar-refractivity contribution in [2.45, 2.75) is 46.1 Å². The minimum Gasteiger partial charge on any atom is -0.388 e. The second kappa shape index (κ2) is 5.78. The molecule has 98 valence electrons. The van der Waals surface area contributed by atoms with Crippen molar-refractivity contribution in [3.63, 3.8) is 0 Å². The van der Waals surface area contributed by atoms with Gasteiger partial charge in [-0.25, -0.2) is 0 Å². The van der Waals surface area contributed by atoms with E-state index in [-0.39, 0.29) is 0 Å². The standard InChI is InChI=1S/C13H20N4O/c1-5-6-13(4,18)8-15-12-11(7-14)9(2)10(3)16-17-12/h18H,5-6,8H2,1-4H3,(H,15,17). The van der Waals surface area contributed by atoms with Crippen LogP contribution in [0.3, 0.4) is 0 Å². The second-order valence-corrected chi connectivity index (χ2v) is 4.85. The van der Waals surface area contributed by atoms with Crippen LogP contribution in [0.5, 0.6) is 0 Å². The van der Waals surface area contributed by atoms with Crippen LogP contribution in [0.2, 0.25) is 0 Å². The van der Waals surface area contributed by atoms with Crippen molar-refractivity contribution in [2.24, 2.45) is 0 Å². The average Bonchev–Trinajstić information content (AvgIpc) is 2.30. The van der Waals surface area contributed by atoms with Gasteiger partial charge in [0.2, 0.25) is 0 Å². The predicted octanol–water partition coefficient (Wildman–Crippen LogP) is 1.93. The summed E-state index contributed by atoms with van der Waals surface area (Å²) in [5, 5.41) is 30.2. The van der Waals surface area contributed by atoms with Crippen LogP contribution < -0.4 is 5.32 Å². The van der Waals surface area contributed by atoms with Crippen LogP contribution in [-0.4, -0.2) is 27.4 Å². The molecule has 1 atom stereocenters. The fraction of sp³-hybridized carbons (Fsp3) is 0.615. The largest absolute Gasteiger partial charge is 0.388 e. The highest BCUT2D eigenvalue weighted by atomic mass is 16.3. The molecule has 0 aliphatic carbocycles. The number of nitriles is 1. The molecule has 0 aliphatic heterocycles. The summed E-state index contributed by atoms with van der Waals surface area (Å²) in [6.45, 7) is 7.81. The molecular weight excluding hydrogens is 228 g/mol. The second-order valence-electron chi connectivity index (χ2n) is 4.85. The molecule has 0 aromatic carbocycles. The molecular formula is C13H20N4O. The van der Waals surface area contributed by atoms with Gasteiger partial charge in [-0.05, 0) is 32.8 Å². The Morgan fingerprint density at radius 3 is 2.61 bits per heavy atom. The van der Waals surface area contributed by atoms with E-state index in [2.05, 4.69) is 21.6 Å². The van der Waals surface area contributed by atoms with Crippen LogP contribution in [0.15, 0.2) is 0 Å². The zero-order valence-corrected chi connectivity index (χ0v) is 11.4. The van der Waals surface area contributed by atoms with Crippen LogP contribution in [0.4, 0.5) is 5.82 Å². The van der Waals surface area contributed by atoms with E-state index in [4.69, 9.17) is 5.26 Å². The Morgan fingerprint density at radius 2 is 2.06 bits per heavy atom. The van der Waals surface area contributed by atoms with Crippen molar-refractivity contribution in [3.8, 4) is 6.07 Å². The molecule has 2 N–H and O–H groups in total. The fourth-order valence-corrected chi connectivity index (χ4v) is 1.77. The Morgan fingerprint density at radius 1 is 1.39 bits per heavy atom. The number of nitrogens with zero attached hydrogens (tertiary/aromatic N) is 3. The summed E-state index contributed by atoms with van der Waals surface area (Å²) in [5.74, 6) is 0.442. The van der Waals surface area contributed by atoms with Gasteiger partial charge in [0.1, 0.15) is 11.6 Å². The Bertz CT molecular complexity index is 463. The molecule has 5 heteroatoms. The topological polar surface area (TPSA) is 81.8 Å². The molecule has 5 nitrogen and oxygen atoms in total. The van der Waals surface area contributed by atoms with Gasteiger partial charge in [0.25, 0.3) is 0 Å². The van der Waals surface area contributed by atoms with E-state index < -0.39 is 5.60 Å². The molecule has 0 spiro atoms. The lowest BCUT2D eigenvalue weighted by molar-refractivity contribution is 0.0636. The first-order valence-electron chi connectivity index (χ1n) is 6.11. The van der Waals surface area contributed by atoms with E-state index in [1.165, 1.54) is 0 Å². The number of aryl methyl sites for hydroxylation is 1. The molecule has 0 aliphatic rings. The van der Waals surface area contributed by atoms with E-state index in [0.717, 1.165) is 17.7 Å². The quantitative estimate of drug-likeness (QED) is 0.832. The molecule has 0 saturated heterocycles. The van der Waals surface area contributed by atoms with Crippen molar-refractivity contribution in [2.75, 3.05) is 11.9 Å². The molecule has 1 rings (SSSR count). The SMILES string of the molecule is CCCC(C)(O)CNc1nnc(C)c(C)c1C#N. The van der Waals surface area contributed by atoms with Gasteiger partial charge < -0.3 is 10.4 Å². The van der Waals surface area contributed by atoms with Gasteiger partial charge in [-0.3, -0.25) is 0 Å². The molecule has 1 aromatic heterocycles. The fourth-order valence-electron chi connectivity index (χ4n) is 1.77. The third-order valence-corrected chi connectivity index (χ3v) is 2.99. The van der Waals surface area contributed by atoms with Gasteiger partial charge in [0, 0.05) is 6.54 Å². The molecule has 1 unspecified atom stereocenters. The summed E-state index contributed by atoms with van der Waals surface area (Å²) in [6.07, 6.45) is 1.60. The maximum Gasteiger partial charge on any atom is 0.167 e. The Hall–Kier alpha value is -1.67. The first-order chi connectivity index (χ1) is 8.41. The molecule has 0 fully saturated rings. The first-order valence-corrected chi connectivity index (χ1v) is 6.11. The van der Waals surface area contributed by atoms with Gasteiger partial charge in [-0.2, -0.15) is 10.4 Å². The number of nitrogens with one attached hydrogen (secondary N) is 1. The third-order valence-electron chi connectivity index (χ3n) is 2.99. The lowest BCUT2D eigenvalue weighted by atomic mass is 10.0. The number of hydrogen-bond donors (Lipinski definition) is 2. The van der Waals surface area contributed by atoms with E-state index in [1.54, 1.807) is 6.92 Å². The van der Waals surface area contributed by atoms with E-state index in [1.807, 2.05) is 20.8 Å². The lowest BCUT2D eigenvalue weighted by Crippen LogP contribution is -2.33. The number of aromatic nitrogens is 2. The molecule has 0 radical (unpaired) electrons. The Labute approximate surface area is 108 Å². The van der Waals surface area contributed by atoms with Crippen LogP contribution in [0.25, 0.3) is 0 Å². The van der Waals surface area contributed by atoms with E-state index >= 15 is 0 Å². The summed E-state index contributed by atoms with van der Waals surface area (Å²) in [6, 6.07) is 2.13.